The highest BCUT2D eigenvalue weighted by Crippen LogP contribution is 2.30. The van der Waals surface area contributed by atoms with Gasteiger partial charge in [-0.25, -0.2) is 4.79 Å². The van der Waals surface area contributed by atoms with Crippen molar-refractivity contribution in [1.82, 2.24) is 0 Å². The number of ether oxygens (including phenoxy) is 2. The predicted molar refractivity (Wildman–Crippen MR) is 78.3 cm³/mol. The Bertz CT molecular complexity index is 447. The van der Waals surface area contributed by atoms with E-state index in [-0.39, 0.29) is 11.9 Å². The molecule has 20 heavy (non-hydrogen) atoms. The van der Waals surface area contributed by atoms with Crippen LogP contribution in [-0.4, -0.2) is 12.3 Å². The molecule has 0 amide bonds. The normalized spacial score (nSPS) is 17.2. The summed E-state index contributed by atoms with van der Waals surface area (Å²) in [5.74, 6) is 0.626. The van der Waals surface area contributed by atoms with Gasteiger partial charge in [-0.1, -0.05) is 44.0 Å². The van der Waals surface area contributed by atoms with Gasteiger partial charge in [-0.05, 0) is 31.9 Å². The quantitative estimate of drug-likeness (QED) is 0.461. The minimum atomic E-state index is -0.512. The summed E-state index contributed by atoms with van der Waals surface area (Å²) >= 11 is 0. The molecule has 0 bridgehead atoms. The van der Waals surface area contributed by atoms with Gasteiger partial charge in [0.05, 0.1) is 0 Å². The molecule has 3 nitrogen and oxygen atoms in total. The number of esters is 1. The number of para-hydroxylation sites is 1. The summed E-state index contributed by atoms with van der Waals surface area (Å²) in [5, 5.41) is 0. The summed E-state index contributed by atoms with van der Waals surface area (Å²) < 4.78 is 11.4. The monoisotopic (exact) mass is 274 g/mol. The fourth-order valence-corrected chi connectivity index (χ4v) is 2.46. The molecule has 1 aromatic rings. The Hall–Kier alpha value is -1.77. The van der Waals surface area contributed by atoms with Crippen molar-refractivity contribution >= 4 is 5.97 Å². The maximum atomic E-state index is 11.8. The molecule has 0 aromatic heterocycles. The van der Waals surface area contributed by atoms with Gasteiger partial charge in [0.15, 0.2) is 0 Å². The van der Waals surface area contributed by atoms with E-state index in [1.165, 1.54) is 19.3 Å². The molecule has 0 N–H and O–H groups in total. The maximum Gasteiger partial charge on any atom is 0.336 e. The highest BCUT2D eigenvalue weighted by atomic mass is 16.7. The van der Waals surface area contributed by atoms with Crippen molar-refractivity contribution in [3.63, 3.8) is 0 Å². The van der Waals surface area contributed by atoms with E-state index >= 15 is 0 Å². The third kappa shape index (κ3) is 4.12. The van der Waals surface area contributed by atoms with Crippen LogP contribution in [0.5, 0.6) is 5.75 Å². The zero-order valence-corrected chi connectivity index (χ0v) is 12.0. The van der Waals surface area contributed by atoms with Gasteiger partial charge in [-0.3, -0.25) is 0 Å². The second-order valence-electron chi connectivity index (χ2n) is 5.38. The van der Waals surface area contributed by atoms with Crippen LogP contribution in [0.2, 0.25) is 0 Å². The van der Waals surface area contributed by atoms with Crippen molar-refractivity contribution in [2.24, 2.45) is 5.92 Å². The molecule has 1 saturated carbocycles. The minimum absolute atomic E-state index is 0.271. The lowest BCUT2D eigenvalue weighted by Crippen LogP contribution is -2.33. The zero-order valence-electron chi connectivity index (χ0n) is 12.0. The van der Waals surface area contributed by atoms with E-state index in [9.17, 15) is 4.79 Å². The van der Waals surface area contributed by atoms with Crippen LogP contribution >= 0.6 is 0 Å². The Morgan fingerprint density at radius 3 is 2.45 bits per heavy atom. The molecule has 0 heterocycles. The van der Waals surface area contributed by atoms with E-state index in [2.05, 4.69) is 6.58 Å². The number of carbonyl (C=O) groups is 1. The zero-order chi connectivity index (χ0) is 14.4. The molecule has 0 aliphatic heterocycles. The van der Waals surface area contributed by atoms with E-state index in [1.54, 1.807) is 6.92 Å². The Balaban J connectivity index is 2.06. The molecule has 1 atom stereocenters. The van der Waals surface area contributed by atoms with Crippen molar-refractivity contribution in [2.45, 2.75) is 45.3 Å². The topological polar surface area (TPSA) is 35.5 Å². The molecule has 0 radical (unpaired) electrons. The lowest BCUT2D eigenvalue weighted by atomic mass is 9.89. The first-order valence-electron chi connectivity index (χ1n) is 7.25. The second kappa shape index (κ2) is 7.13. The largest absolute Gasteiger partial charge is 0.454 e. The third-order valence-electron chi connectivity index (χ3n) is 3.60. The van der Waals surface area contributed by atoms with E-state index in [0.717, 1.165) is 18.6 Å². The Morgan fingerprint density at radius 2 is 1.85 bits per heavy atom. The summed E-state index contributed by atoms with van der Waals surface area (Å²) in [6.07, 6.45) is 5.17. The highest BCUT2D eigenvalue weighted by Gasteiger charge is 2.28. The van der Waals surface area contributed by atoms with E-state index < -0.39 is 6.29 Å². The molecule has 1 fully saturated rings. The first-order valence-corrected chi connectivity index (χ1v) is 7.25. The summed E-state index contributed by atoms with van der Waals surface area (Å²) in [6.45, 7) is 5.29. The average molecular weight is 274 g/mol. The first-order chi connectivity index (χ1) is 9.66. The molecule has 1 aliphatic carbocycles. The van der Waals surface area contributed by atoms with Crippen LogP contribution in [0.3, 0.4) is 0 Å². The van der Waals surface area contributed by atoms with Crippen LogP contribution in [0.1, 0.15) is 39.0 Å². The van der Waals surface area contributed by atoms with Gasteiger partial charge in [0.2, 0.25) is 6.29 Å². The van der Waals surface area contributed by atoms with Gasteiger partial charge in [0.25, 0.3) is 0 Å². The van der Waals surface area contributed by atoms with Crippen molar-refractivity contribution in [3.8, 4) is 5.75 Å². The molecule has 3 heteroatoms. The molecular formula is C17H22O3. The van der Waals surface area contributed by atoms with Gasteiger partial charge in [-0.15, -0.1) is 0 Å². The van der Waals surface area contributed by atoms with Crippen molar-refractivity contribution in [3.05, 3.63) is 42.5 Å². The maximum absolute atomic E-state index is 11.8. The molecule has 1 unspecified atom stereocenters. The van der Waals surface area contributed by atoms with Crippen molar-refractivity contribution in [2.75, 3.05) is 0 Å². The Morgan fingerprint density at radius 1 is 1.20 bits per heavy atom. The highest BCUT2D eigenvalue weighted by molar-refractivity contribution is 5.87. The number of benzene rings is 1. The molecule has 1 aliphatic rings. The summed E-state index contributed by atoms with van der Waals surface area (Å²) in [6, 6.07) is 9.51. The number of hydrogen-bond donors (Lipinski definition) is 0. The van der Waals surface area contributed by atoms with Gasteiger partial charge in [0.1, 0.15) is 5.75 Å². The van der Waals surface area contributed by atoms with Crippen LogP contribution in [0.15, 0.2) is 42.5 Å². The van der Waals surface area contributed by atoms with Crippen LogP contribution in [0.4, 0.5) is 0 Å². The lowest BCUT2D eigenvalue weighted by Gasteiger charge is -2.30. The standard InChI is InChI=1S/C17H22O3/c1-13(2)16(18)20-17(14-9-5-3-6-10-14)19-15-11-7-4-8-12-15/h4,7-8,11-12,14,17H,1,3,5-6,9-10H2,2H3. The van der Waals surface area contributed by atoms with Gasteiger partial charge in [0, 0.05) is 11.5 Å². The summed E-state index contributed by atoms with van der Waals surface area (Å²) in [7, 11) is 0. The van der Waals surface area contributed by atoms with Crippen LogP contribution in [0, 0.1) is 5.92 Å². The van der Waals surface area contributed by atoms with Crippen LogP contribution in [-0.2, 0) is 9.53 Å². The fraction of sp³-hybridized carbons (Fsp3) is 0.471. The molecular weight excluding hydrogens is 252 g/mol. The second-order valence-corrected chi connectivity index (χ2v) is 5.38. The SMILES string of the molecule is C=C(C)C(=O)OC(Oc1ccccc1)C1CCCCC1. The van der Waals surface area contributed by atoms with Gasteiger partial charge < -0.3 is 9.47 Å². The van der Waals surface area contributed by atoms with Crippen molar-refractivity contribution in [1.29, 1.82) is 0 Å². The fourth-order valence-electron chi connectivity index (χ4n) is 2.46. The Kier molecular flexibility index (Phi) is 5.22. The third-order valence-corrected chi connectivity index (χ3v) is 3.60. The number of rotatable bonds is 5. The van der Waals surface area contributed by atoms with Crippen LogP contribution < -0.4 is 4.74 Å². The molecule has 0 spiro atoms. The number of carbonyl (C=O) groups excluding carboxylic acids is 1. The van der Waals surface area contributed by atoms with Gasteiger partial charge in [-0.2, -0.15) is 0 Å². The molecule has 0 saturated heterocycles. The molecule has 2 rings (SSSR count). The molecule has 108 valence electrons. The van der Waals surface area contributed by atoms with E-state index in [4.69, 9.17) is 9.47 Å². The van der Waals surface area contributed by atoms with E-state index in [0.29, 0.717) is 5.57 Å². The smallest absolute Gasteiger partial charge is 0.336 e. The number of hydrogen-bond acceptors (Lipinski definition) is 3. The van der Waals surface area contributed by atoms with Crippen molar-refractivity contribution < 1.29 is 14.3 Å². The predicted octanol–water partition coefficient (Wildman–Crippen LogP) is 4.09. The van der Waals surface area contributed by atoms with Gasteiger partial charge >= 0.3 is 5.97 Å². The lowest BCUT2D eigenvalue weighted by molar-refractivity contribution is -0.168. The van der Waals surface area contributed by atoms with Crippen LogP contribution in [0.25, 0.3) is 0 Å². The Labute approximate surface area is 120 Å². The minimum Gasteiger partial charge on any atom is -0.454 e. The summed E-state index contributed by atoms with van der Waals surface area (Å²) in [5.41, 5.74) is 0.405. The average Bonchev–Trinajstić information content (AvgIpc) is 2.48. The first kappa shape index (κ1) is 14.6. The van der Waals surface area contributed by atoms with E-state index in [1.807, 2.05) is 30.3 Å². The summed E-state index contributed by atoms with van der Waals surface area (Å²) in [4.78, 5) is 11.8. The molecule has 1 aromatic carbocycles.